The van der Waals surface area contributed by atoms with Gasteiger partial charge in [0.1, 0.15) is 5.76 Å². The molecule has 1 heterocycles. The SMILES string of the molecule is C/C=C/CCNC(C)C(=O)NCc1ccco1. The molecule has 17 heavy (non-hydrogen) atoms. The quantitative estimate of drug-likeness (QED) is 0.561. The minimum absolute atomic E-state index is 0.0121. The summed E-state index contributed by atoms with van der Waals surface area (Å²) in [6.45, 7) is 5.08. The molecule has 0 fully saturated rings. The number of rotatable bonds is 7. The van der Waals surface area contributed by atoms with Crippen molar-refractivity contribution in [3.8, 4) is 0 Å². The number of amides is 1. The molecule has 4 heteroatoms. The van der Waals surface area contributed by atoms with E-state index in [1.165, 1.54) is 0 Å². The molecular weight excluding hydrogens is 216 g/mol. The third kappa shape index (κ3) is 5.36. The summed E-state index contributed by atoms with van der Waals surface area (Å²) in [5.41, 5.74) is 0. The van der Waals surface area contributed by atoms with E-state index < -0.39 is 0 Å². The molecule has 4 nitrogen and oxygen atoms in total. The van der Waals surface area contributed by atoms with Gasteiger partial charge in [0.25, 0.3) is 0 Å². The summed E-state index contributed by atoms with van der Waals surface area (Å²) in [5, 5.41) is 5.97. The van der Waals surface area contributed by atoms with E-state index in [2.05, 4.69) is 16.7 Å². The van der Waals surface area contributed by atoms with Crippen LogP contribution in [0.5, 0.6) is 0 Å². The molecule has 0 bridgehead atoms. The molecule has 0 aromatic carbocycles. The van der Waals surface area contributed by atoms with E-state index in [9.17, 15) is 4.79 Å². The number of carbonyl (C=O) groups is 1. The van der Waals surface area contributed by atoms with Crippen LogP contribution in [0.3, 0.4) is 0 Å². The molecule has 1 rings (SSSR count). The molecule has 0 aliphatic heterocycles. The van der Waals surface area contributed by atoms with Crippen molar-refractivity contribution in [2.45, 2.75) is 32.9 Å². The van der Waals surface area contributed by atoms with Gasteiger partial charge < -0.3 is 15.1 Å². The molecule has 0 aliphatic rings. The average molecular weight is 236 g/mol. The summed E-state index contributed by atoms with van der Waals surface area (Å²) in [6.07, 6.45) is 6.61. The van der Waals surface area contributed by atoms with E-state index >= 15 is 0 Å². The molecule has 1 unspecified atom stereocenters. The van der Waals surface area contributed by atoms with Crippen LogP contribution in [-0.4, -0.2) is 18.5 Å². The lowest BCUT2D eigenvalue weighted by atomic mass is 10.3. The summed E-state index contributed by atoms with van der Waals surface area (Å²) in [7, 11) is 0. The second-order valence-corrected chi connectivity index (χ2v) is 3.83. The molecule has 0 spiro atoms. The number of nitrogens with one attached hydrogen (secondary N) is 2. The predicted molar refractivity (Wildman–Crippen MR) is 67.5 cm³/mol. The number of hydrogen-bond acceptors (Lipinski definition) is 3. The van der Waals surface area contributed by atoms with Gasteiger partial charge in [-0.25, -0.2) is 0 Å². The van der Waals surface area contributed by atoms with Crippen LogP contribution in [0, 0.1) is 0 Å². The van der Waals surface area contributed by atoms with Gasteiger partial charge in [-0.2, -0.15) is 0 Å². The topological polar surface area (TPSA) is 54.3 Å². The Hall–Kier alpha value is -1.55. The maximum absolute atomic E-state index is 11.7. The first kappa shape index (κ1) is 13.5. The van der Waals surface area contributed by atoms with Crippen LogP contribution >= 0.6 is 0 Å². The van der Waals surface area contributed by atoms with Crippen molar-refractivity contribution in [2.75, 3.05) is 6.54 Å². The monoisotopic (exact) mass is 236 g/mol. The maximum Gasteiger partial charge on any atom is 0.237 e. The maximum atomic E-state index is 11.7. The van der Waals surface area contributed by atoms with Gasteiger partial charge in [0.05, 0.1) is 18.8 Å². The zero-order chi connectivity index (χ0) is 12.5. The third-order valence-corrected chi connectivity index (χ3v) is 2.41. The highest BCUT2D eigenvalue weighted by atomic mass is 16.3. The Morgan fingerprint density at radius 1 is 1.59 bits per heavy atom. The van der Waals surface area contributed by atoms with Crippen LogP contribution < -0.4 is 10.6 Å². The van der Waals surface area contributed by atoms with Crippen molar-refractivity contribution in [1.82, 2.24) is 10.6 Å². The molecule has 1 aromatic heterocycles. The Morgan fingerprint density at radius 2 is 2.41 bits per heavy atom. The fourth-order valence-electron chi connectivity index (χ4n) is 1.38. The summed E-state index contributed by atoms with van der Waals surface area (Å²) < 4.78 is 5.13. The Labute approximate surface area is 102 Å². The van der Waals surface area contributed by atoms with Crippen molar-refractivity contribution in [3.05, 3.63) is 36.3 Å². The van der Waals surface area contributed by atoms with Crippen LogP contribution in [0.1, 0.15) is 26.0 Å². The van der Waals surface area contributed by atoms with E-state index in [0.717, 1.165) is 18.7 Å². The van der Waals surface area contributed by atoms with Crippen molar-refractivity contribution in [3.63, 3.8) is 0 Å². The van der Waals surface area contributed by atoms with Crippen LogP contribution in [-0.2, 0) is 11.3 Å². The fraction of sp³-hybridized carbons (Fsp3) is 0.462. The van der Waals surface area contributed by atoms with E-state index in [-0.39, 0.29) is 11.9 Å². The molecule has 1 aromatic rings. The molecular formula is C13H20N2O2. The summed E-state index contributed by atoms with van der Waals surface area (Å²) in [6, 6.07) is 3.46. The standard InChI is InChI=1S/C13H20N2O2/c1-3-4-5-8-14-11(2)13(16)15-10-12-7-6-9-17-12/h3-4,6-7,9,11,14H,5,8,10H2,1-2H3,(H,15,16)/b4-3+. The predicted octanol–water partition coefficient (Wildman–Crippen LogP) is 1.84. The number of hydrogen-bond donors (Lipinski definition) is 2. The van der Waals surface area contributed by atoms with Crippen molar-refractivity contribution in [2.24, 2.45) is 0 Å². The van der Waals surface area contributed by atoms with Crippen LogP contribution in [0.25, 0.3) is 0 Å². The fourth-order valence-corrected chi connectivity index (χ4v) is 1.38. The lowest BCUT2D eigenvalue weighted by molar-refractivity contribution is -0.123. The first-order chi connectivity index (χ1) is 8.24. The van der Waals surface area contributed by atoms with Gasteiger partial charge in [0, 0.05) is 0 Å². The molecule has 2 N–H and O–H groups in total. The highest BCUT2D eigenvalue weighted by Gasteiger charge is 2.11. The molecule has 0 saturated heterocycles. The van der Waals surface area contributed by atoms with Gasteiger partial charge in [-0.15, -0.1) is 0 Å². The first-order valence-corrected chi connectivity index (χ1v) is 5.88. The van der Waals surface area contributed by atoms with Crippen molar-refractivity contribution >= 4 is 5.91 Å². The van der Waals surface area contributed by atoms with Gasteiger partial charge in [0.15, 0.2) is 0 Å². The average Bonchev–Trinajstić information content (AvgIpc) is 2.84. The van der Waals surface area contributed by atoms with Gasteiger partial charge in [0.2, 0.25) is 5.91 Å². The minimum atomic E-state index is -0.185. The Morgan fingerprint density at radius 3 is 3.06 bits per heavy atom. The number of carbonyl (C=O) groups excluding carboxylic acids is 1. The van der Waals surface area contributed by atoms with Gasteiger partial charge in [-0.05, 0) is 38.9 Å². The number of furan rings is 1. The summed E-state index contributed by atoms with van der Waals surface area (Å²) >= 11 is 0. The Kier molecular flexibility index (Phi) is 6.10. The first-order valence-electron chi connectivity index (χ1n) is 5.88. The molecule has 0 radical (unpaired) electrons. The molecule has 1 atom stereocenters. The van der Waals surface area contributed by atoms with Crippen LogP contribution in [0.2, 0.25) is 0 Å². The van der Waals surface area contributed by atoms with E-state index in [4.69, 9.17) is 4.42 Å². The molecule has 1 amide bonds. The normalized spacial score (nSPS) is 12.8. The lowest BCUT2D eigenvalue weighted by Crippen LogP contribution is -2.42. The van der Waals surface area contributed by atoms with E-state index in [1.807, 2.05) is 26.0 Å². The zero-order valence-corrected chi connectivity index (χ0v) is 10.4. The molecule has 0 aliphatic carbocycles. The van der Waals surface area contributed by atoms with Crippen LogP contribution in [0.15, 0.2) is 35.0 Å². The van der Waals surface area contributed by atoms with Gasteiger partial charge >= 0.3 is 0 Å². The van der Waals surface area contributed by atoms with Crippen molar-refractivity contribution < 1.29 is 9.21 Å². The lowest BCUT2D eigenvalue weighted by Gasteiger charge is -2.12. The van der Waals surface area contributed by atoms with Crippen LogP contribution in [0.4, 0.5) is 0 Å². The largest absolute Gasteiger partial charge is 0.467 e. The zero-order valence-electron chi connectivity index (χ0n) is 10.4. The van der Waals surface area contributed by atoms with Crippen molar-refractivity contribution in [1.29, 1.82) is 0 Å². The Bertz CT molecular complexity index is 344. The van der Waals surface area contributed by atoms with E-state index in [1.54, 1.807) is 12.3 Å². The third-order valence-electron chi connectivity index (χ3n) is 2.41. The van der Waals surface area contributed by atoms with Gasteiger partial charge in [-0.1, -0.05) is 12.2 Å². The smallest absolute Gasteiger partial charge is 0.237 e. The second kappa shape index (κ2) is 7.68. The summed E-state index contributed by atoms with van der Waals surface area (Å²) in [4.78, 5) is 11.7. The minimum Gasteiger partial charge on any atom is -0.467 e. The second-order valence-electron chi connectivity index (χ2n) is 3.83. The molecule has 94 valence electrons. The number of allylic oxidation sites excluding steroid dienone is 1. The Balaban J connectivity index is 2.18. The van der Waals surface area contributed by atoms with Gasteiger partial charge in [-0.3, -0.25) is 4.79 Å². The summed E-state index contributed by atoms with van der Waals surface area (Å²) in [5.74, 6) is 0.751. The highest BCUT2D eigenvalue weighted by molar-refractivity contribution is 5.81. The molecule has 0 saturated carbocycles. The highest BCUT2D eigenvalue weighted by Crippen LogP contribution is 1.98. The van der Waals surface area contributed by atoms with E-state index in [0.29, 0.717) is 6.54 Å².